The molecule has 2 aliphatic heterocycles. The smallest absolute Gasteiger partial charge is 0.475 e. The largest absolute Gasteiger partial charge is 0.490 e. The summed E-state index contributed by atoms with van der Waals surface area (Å²) in [6.07, 6.45) is -7.14. The molecule has 0 atom stereocenters. The van der Waals surface area contributed by atoms with Crippen LogP contribution in [0.15, 0.2) is 24.4 Å². The molecule has 0 radical (unpaired) electrons. The van der Waals surface area contributed by atoms with Crippen molar-refractivity contribution >= 4 is 11.9 Å². The number of rotatable bonds is 4. The molecule has 2 aliphatic rings. The van der Waals surface area contributed by atoms with E-state index in [2.05, 4.69) is 45.6 Å². The van der Waals surface area contributed by atoms with Crippen LogP contribution in [0.3, 0.4) is 0 Å². The number of alkyl halides is 6. The van der Waals surface area contributed by atoms with E-state index < -0.39 is 24.3 Å². The predicted octanol–water partition coefficient (Wildman–Crippen LogP) is 3.00. The maximum Gasteiger partial charge on any atom is 0.490 e. The summed E-state index contributed by atoms with van der Waals surface area (Å²) < 4.78 is 76.7. The molecule has 16 heteroatoms. The molecule has 0 unspecified atom stereocenters. The minimum Gasteiger partial charge on any atom is -0.475 e. The van der Waals surface area contributed by atoms with Crippen LogP contribution < -0.4 is 9.47 Å². The third kappa shape index (κ3) is 9.41. The lowest BCUT2D eigenvalue weighted by Crippen LogP contribution is -2.26. The maximum absolute atomic E-state index is 10.6. The molecule has 38 heavy (non-hydrogen) atoms. The van der Waals surface area contributed by atoms with Gasteiger partial charge < -0.3 is 29.2 Å². The fraction of sp³-hybridized carbons (Fsp3) is 0.500. The highest BCUT2D eigenvalue weighted by Gasteiger charge is 2.38. The lowest BCUT2D eigenvalue weighted by atomic mass is 10.2. The number of carboxylic acid groups (broad SMARTS) is 2. The third-order valence-corrected chi connectivity index (χ3v) is 5.12. The van der Waals surface area contributed by atoms with Gasteiger partial charge in [0.05, 0.1) is 5.69 Å². The van der Waals surface area contributed by atoms with Gasteiger partial charge in [-0.15, -0.1) is 0 Å². The lowest BCUT2D eigenvalue weighted by Gasteiger charge is -2.20. The highest BCUT2D eigenvalue weighted by molar-refractivity contribution is 5.73. The quantitative estimate of drug-likeness (QED) is 0.548. The molecule has 0 spiro atoms. The predicted molar refractivity (Wildman–Crippen MR) is 119 cm³/mol. The molecule has 4 rings (SSSR count). The average Bonchev–Trinajstić information content (AvgIpc) is 3.35. The number of carbonyl (C=O) groups is 2. The molecule has 0 fully saturated rings. The number of aliphatic carboxylic acids is 2. The van der Waals surface area contributed by atoms with Crippen molar-refractivity contribution in [3.05, 3.63) is 41.5 Å². The van der Waals surface area contributed by atoms with Crippen LogP contribution in [0.1, 0.15) is 17.1 Å². The maximum atomic E-state index is 10.6. The Morgan fingerprint density at radius 1 is 0.974 bits per heavy atom. The van der Waals surface area contributed by atoms with E-state index in [4.69, 9.17) is 29.3 Å². The number of carboxylic acids is 2. The van der Waals surface area contributed by atoms with Crippen LogP contribution in [-0.4, -0.2) is 87.8 Å². The Bertz CT molecular complexity index is 1080. The van der Waals surface area contributed by atoms with Crippen LogP contribution in [0.2, 0.25) is 0 Å². The van der Waals surface area contributed by atoms with E-state index in [1.807, 2.05) is 12.3 Å². The van der Waals surface area contributed by atoms with E-state index in [1.165, 1.54) is 17.1 Å². The van der Waals surface area contributed by atoms with Crippen LogP contribution in [0.4, 0.5) is 26.3 Å². The Balaban J connectivity index is 0.000000301. The summed E-state index contributed by atoms with van der Waals surface area (Å²) in [5.74, 6) is -2.59. The topological polar surface area (TPSA) is 117 Å². The second-order valence-corrected chi connectivity index (χ2v) is 8.37. The Kier molecular flexibility index (Phi) is 10.4. The van der Waals surface area contributed by atoms with Gasteiger partial charge in [0.25, 0.3) is 0 Å². The SMILES string of the molecule is CN(C)Cc1cnc2n1CCN(Cc1ccc3c(c1)OCO3)CC2.O=C(O)C(F)(F)F.O=C(O)C(F)(F)F. The summed E-state index contributed by atoms with van der Waals surface area (Å²) >= 11 is 0. The van der Waals surface area contributed by atoms with E-state index in [0.717, 1.165) is 50.6 Å². The molecular weight excluding hydrogens is 530 g/mol. The van der Waals surface area contributed by atoms with Gasteiger partial charge in [0.15, 0.2) is 11.5 Å². The van der Waals surface area contributed by atoms with Crippen LogP contribution in [0.5, 0.6) is 11.5 Å². The summed E-state index contributed by atoms with van der Waals surface area (Å²) in [5.41, 5.74) is 2.58. The fourth-order valence-electron chi connectivity index (χ4n) is 3.44. The van der Waals surface area contributed by atoms with E-state index in [0.29, 0.717) is 6.79 Å². The first-order chi connectivity index (χ1) is 17.6. The zero-order valence-corrected chi connectivity index (χ0v) is 20.3. The van der Waals surface area contributed by atoms with Crippen molar-refractivity contribution in [2.75, 3.05) is 34.0 Å². The van der Waals surface area contributed by atoms with Crippen molar-refractivity contribution in [2.24, 2.45) is 0 Å². The van der Waals surface area contributed by atoms with Crippen molar-refractivity contribution in [1.29, 1.82) is 0 Å². The van der Waals surface area contributed by atoms with Crippen LogP contribution >= 0.6 is 0 Å². The van der Waals surface area contributed by atoms with E-state index in [1.54, 1.807) is 0 Å². The minimum absolute atomic E-state index is 0.332. The molecule has 10 nitrogen and oxygen atoms in total. The average molecular weight is 556 g/mol. The monoisotopic (exact) mass is 556 g/mol. The molecule has 1 aromatic heterocycles. The summed E-state index contributed by atoms with van der Waals surface area (Å²) in [7, 11) is 4.20. The zero-order valence-electron chi connectivity index (χ0n) is 20.3. The summed E-state index contributed by atoms with van der Waals surface area (Å²) in [6.45, 7) is 5.28. The Labute approximate surface area is 213 Å². The van der Waals surface area contributed by atoms with Crippen molar-refractivity contribution in [3.8, 4) is 11.5 Å². The highest BCUT2D eigenvalue weighted by atomic mass is 19.4. The van der Waals surface area contributed by atoms with Gasteiger partial charge in [0.1, 0.15) is 5.82 Å². The van der Waals surface area contributed by atoms with Gasteiger partial charge in [0, 0.05) is 45.3 Å². The number of nitrogens with zero attached hydrogens (tertiary/aromatic N) is 4. The number of imidazole rings is 1. The summed E-state index contributed by atoms with van der Waals surface area (Å²) in [4.78, 5) is 27.1. The standard InChI is InChI=1S/C18H24N4O2.2C2HF3O2/c1-20(2)12-15-10-19-18-5-6-21(7-8-22(15)18)11-14-3-4-16-17(9-14)24-13-23-16;2*3-2(4,5)1(6)7/h3-4,9-10H,5-8,11-13H2,1-2H3;2*(H,6,7). The molecule has 2 aromatic rings. The van der Waals surface area contributed by atoms with E-state index >= 15 is 0 Å². The number of fused-ring (bicyclic) bond motifs is 2. The van der Waals surface area contributed by atoms with Gasteiger partial charge in [-0.25, -0.2) is 14.6 Å². The van der Waals surface area contributed by atoms with Gasteiger partial charge in [0.2, 0.25) is 6.79 Å². The number of aromatic nitrogens is 2. The normalized spacial score (nSPS) is 15.0. The van der Waals surface area contributed by atoms with Crippen LogP contribution in [0.25, 0.3) is 0 Å². The zero-order chi connectivity index (χ0) is 28.7. The van der Waals surface area contributed by atoms with Gasteiger partial charge in [-0.05, 0) is 31.8 Å². The van der Waals surface area contributed by atoms with Gasteiger partial charge in [-0.2, -0.15) is 26.3 Å². The lowest BCUT2D eigenvalue weighted by molar-refractivity contribution is -0.193. The Morgan fingerprint density at radius 2 is 1.55 bits per heavy atom. The van der Waals surface area contributed by atoms with Crippen LogP contribution in [0, 0.1) is 0 Å². The number of halogens is 6. The van der Waals surface area contributed by atoms with Crippen LogP contribution in [-0.2, 0) is 35.6 Å². The molecule has 0 saturated heterocycles. The van der Waals surface area contributed by atoms with E-state index in [-0.39, 0.29) is 0 Å². The molecule has 0 saturated carbocycles. The fourth-order valence-corrected chi connectivity index (χ4v) is 3.44. The molecular formula is C22H26F6N4O6. The first-order valence-corrected chi connectivity index (χ1v) is 11.0. The third-order valence-electron chi connectivity index (χ3n) is 5.12. The van der Waals surface area contributed by atoms with Crippen molar-refractivity contribution in [3.63, 3.8) is 0 Å². The number of benzene rings is 1. The summed E-state index contributed by atoms with van der Waals surface area (Å²) in [6, 6.07) is 6.24. The summed E-state index contributed by atoms with van der Waals surface area (Å²) in [5, 5.41) is 14.2. The molecule has 0 aliphatic carbocycles. The second kappa shape index (κ2) is 12.8. The molecule has 3 heterocycles. The van der Waals surface area contributed by atoms with E-state index in [9.17, 15) is 26.3 Å². The van der Waals surface area contributed by atoms with Gasteiger partial charge >= 0.3 is 24.3 Å². The minimum atomic E-state index is -5.08. The van der Waals surface area contributed by atoms with Crippen molar-refractivity contribution < 1.29 is 55.6 Å². The van der Waals surface area contributed by atoms with Gasteiger partial charge in [-0.1, -0.05) is 6.07 Å². The molecule has 0 bridgehead atoms. The Morgan fingerprint density at radius 3 is 2.11 bits per heavy atom. The first-order valence-electron chi connectivity index (χ1n) is 11.0. The van der Waals surface area contributed by atoms with Crippen molar-refractivity contribution in [2.45, 2.75) is 38.4 Å². The first kappa shape index (κ1) is 30.7. The number of hydrogen-bond acceptors (Lipinski definition) is 7. The number of hydrogen-bond donors (Lipinski definition) is 2. The molecule has 212 valence electrons. The van der Waals surface area contributed by atoms with Crippen molar-refractivity contribution in [1.82, 2.24) is 19.4 Å². The highest BCUT2D eigenvalue weighted by Crippen LogP contribution is 2.33. The molecule has 2 N–H and O–H groups in total. The second-order valence-electron chi connectivity index (χ2n) is 8.37. The Hall–Kier alpha value is -3.53. The molecule has 1 aromatic carbocycles. The molecule has 0 amide bonds. The van der Waals surface area contributed by atoms with Gasteiger partial charge in [-0.3, -0.25) is 4.90 Å². The number of ether oxygens (including phenoxy) is 2.